The number of hydrogen-bond donors (Lipinski definition) is 3. The van der Waals surface area contributed by atoms with Crippen LogP contribution in [0.2, 0.25) is 0 Å². The molecule has 0 aliphatic carbocycles. The summed E-state index contributed by atoms with van der Waals surface area (Å²) in [4.78, 5) is 30.3. The van der Waals surface area contributed by atoms with Crippen LogP contribution in [0.15, 0.2) is 0 Å². The summed E-state index contributed by atoms with van der Waals surface area (Å²) in [6.07, 6.45) is 12.0. The lowest BCUT2D eigenvalue weighted by Crippen LogP contribution is -2.51. The maximum atomic E-state index is 10.2. The van der Waals surface area contributed by atoms with Gasteiger partial charge in [-0.05, 0) is 12.8 Å². The van der Waals surface area contributed by atoms with Gasteiger partial charge in [-0.3, -0.25) is 9.59 Å². The fourth-order valence-corrected chi connectivity index (χ4v) is 2.78. The van der Waals surface area contributed by atoms with E-state index in [4.69, 9.17) is 15.3 Å². The standard InChI is InChI=1S/C15H34N.C6H8O7/c1-5-6-7-8-9-10-11-12-13-14-15-16(2,3)4;7-3(8)1-6(13,5(11)12)2-4(9)10/h5-15H2,1-4H3;13H,1-2H2,(H,7,8)(H,9,10)(H,11,12)/q+1;/p-1. The molecular weight excluding hydrogens is 378 g/mol. The number of rotatable bonds is 16. The lowest BCUT2D eigenvalue weighted by Gasteiger charge is -2.25. The van der Waals surface area contributed by atoms with E-state index in [0.29, 0.717) is 0 Å². The first kappa shape index (κ1) is 29.5. The summed E-state index contributed by atoms with van der Waals surface area (Å²) in [6, 6.07) is 0. The molecule has 0 aromatic heterocycles. The van der Waals surface area contributed by atoms with Crippen molar-refractivity contribution < 1.29 is 39.3 Å². The van der Waals surface area contributed by atoms with Crippen molar-refractivity contribution in [3.8, 4) is 0 Å². The molecule has 0 aromatic carbocycles. The molecule has 0 aromatic rings. The second-order valence-corrected chi connectivity index (χ2v) is 8.66. The van der Waals surface area contributed by atoms with Crippen LogP contribution in [0.3, 0.4) is 0 Å². The van der Waals surface area contributed by atoms with E-state index in [1.807, 2.05) is 0 Å². The van der Waals surface area contributed by atoms with E-state index in [9.17, 15) is 19.5 Å². The van der Waals surface area contributed by atoms with Gasteiger partial charge in [0.1, 0.15) is 5.60 Å². The molecule has 0 aliphatic heterocycles. The van der Waals surface area contributed by atoms with E-state index in [2.05, 4.69) is 28.1 Å². The van der Waals surface area contributed by atoms with Gasteiger partial charge in [-0.25, -0.2) is 0 Å². The number of carbonyl (C=O) groups is 3. The molecule has 8 heteroatoms. The fourth-order valence-electron chi connectivity index (χ4n) is 2.78. The predicted octanol–water partition coefficient (Wildman–Crippen LogP) is 2.03. The summed E-state index contributed by atoms with van der Waals surface area (Å²) in [6.45, 7) is 3.62. The minimum absolute atomic E-state index is 1.12. The Hall–Kier alpha value is -1.67. The first-order chi connectivity index (χ1) is 13.3. The minimum atomic E-state index is -2.85. The highest BCUT2D eigenvalue weighted by Crippen LogP contribution is 2.14. The van der Waals surface area contributed by atoms with E-state index in [0.717, 1.165) is 4.48 Å². The van der Waals surface area contributed by atoms with Gasteiger partial charge < -0.3 is 29.7 Å². The molecule has 0 bridgehead atoms. The van der Waals surface area contributed by atoms with Gasteiger partial charge in [-0.2, -0.15) is 0 Å². The molecule has 0 unspecified atom stereocenters. The Morgan fingerprint density at radius 1 is 0.759 bits per heavy atom. The maximum absolute atomic E-state index is 10.2. The quantitative estimate of drug-likeness (QED) is 0.257. The topological polar surface area (TPSA) is 135 Å². The first-order valence-corrected chi connectivity index (χ1v) is 10.5. The molecule has 0 saturated heterocycles. The van der Waals surface area contributed by atoms with Gasteiger partial charge in [-0.1, -0.05) is 58.3 Å². The average Bonchev–Trinajstić information content (AvgIpc) is 2.54. The molecule has 0 saturated carbocycles. The maximum Gasteiger partial charge on any atom is 0.306 e. The van der Waals surface area contributed by atoms with Crippen LogP contribution < -0.4 is 5.11 Å². The lowest BCUT2D eigenvalue weighted by molar-refractivity contribution is -0.870. The first-order valence-electron chi connectivity index (χ1n) is 10.5. The largest absolute Gasteiger partial charge is 0.547 e. The van der Waals surface area contributed by atoms with Crippen molar-refractivity contribution in [1.29, 1.82) is 0 Å². The molecule has 172 valence electrons. The Labute approximate surface area is 175 Å². The minimum Gasteiger partial charge on any atom is -0.547 e. The van der Waals surface area contributed by atoms with Crippen molar-refractivity contribution in [2.45, 2.75) is 89.6 Å². The highest BCUT2D eigenvalue weighted by atomic mass is 16.4. The SMILES string of the molecule is CCCCCCCCCCCC[N+](C)(C)C.O=C(O)CC(O)(CC(=O)O)C(=O)[O-]. The van der Waals surface area contributed by atoms with Gasteiger partial charge in [0, 0.05) is 0 Å². The molecule has 0 atom stereocenters. The fraction of sp³-hybridized carbons (Fsp3) is 0.857. The van der Waals surface area contributed by atoms with Crippen LogP contribution in [0.1, 0.15) is 84.0 Å². The van der Waals surface area contributed by atoms with Crippen molar-refractivity contribution in [2.75, 3.05) is 27.7 Å². The van der Waals surface area contributed by atoms with Crippen molar-refractivity contribution in [3.63, 3.8) is 0 Å². The second-order valence-electron chi connectivity index (χ2n) is 8.66. The molecule has 8 nitrogen and oxygen atoms in total. The van der Waals surface area contributed by atoms with Gasteiger partial charge in [0.05, 0.1) is 46.5 Å². The average molecular weight is 420 g/mol. The Bertz CT molecular complexity index is 456. The predicted molar refractivity (Wildman–Crippen MR) is 109 cm³/mol. The molecule has 0 heterocycles. The van der Waals surface area contributed by atoms with E-state index in [1.165, 1.54) is 70.8 Å². The van der Waals surface area contributed by atoms with Gasteiger partial charge >= 0.3 is 11.9 Å². The van der Waals surface area contributed by atoms with E-state index in [1.54, 1.807) is 0 Å². The number of aliphatic hydroxyl groups is 1. The number of carbonyl (C=O) groups excluding carboxylic acids is 1. The summed E-state index contributed by atoms with van der Waals surface area (Å²) in [7, 11) is 6.86. The zero-order chi connectivity index (χ0) is 22.9. The van der Waals surface area contributed by atoms with Gasteiger partial charge in [0.25, 0.3) is 0 Å². The molecule has 3 N–H and O–H groups in total. The Morgan fingerprint density at radius 3 is 1.38 bits per heavy atom. The van der Waals surface area contributed by atoms with Gasteiger partial charge in [-0.15, -0.1) is 0 Å². The number of carboxylic acids is 3. The van der Waals surface area contributed by atoms with Crippen molar-refractivity contribution >= 4 is 17.9 Å². The Balaban J connectivity index is 0. The molecule has 0 aliphatic rings. The third kappa shape index (κ3) is 20.9. The monoisotopic (exact) mass is 419 g/mol. The summed E-state index contributed by atoms with van der Waals surface area (Å²) in [5.74, 6) is -5.35. The normalized spacial score (nSPS) is 11.5. The van der Waals surface area contributed by atoms with Crippen LogP contribution in [0.5, 0.6) is 0 Å². The summed E-state index contributed by atoms with van der Waals surface area (Å²) in [5.41, 5.74) is -2.85. The molecule has 0 rings (SSSR count). The van der Waals surface area contributed by atoms with E-state index >= 15 is 0 Å². The third-order valence-corrected chi connectivity index (χ3v) is 4.45. The smallest absolute Gasteiger partial charge is 0.306 e. The summed E-state index contributed by atoms with van der Waals surface area (Å²) < 4.78 is 1.12. The van der Waals surface area contributed by atoms with Crippen LogP contribution in [-0.2, 0) is 14.4 Å². The molecule has 0 spiro atoms. The number of hydrogen-bond acceptors (Lipinski definition) is 5. The zero-order valence-corrected chi connectivity index (χ0v) is 18.6. The summed E-state index contributed by atoms with van der Waals surface area (Å²) in [5, 5.41) is 35.5. The summed E-state index contributed by atoms with van der Waals surface area (Å²) >= 11 is 0. The highest BCUT2D eigenvalue weighted by molar-refractivity contribution is 5.86. The van der Waals surface area contributed by atoms with Crippen molar-refractivity contribution in [3.05, 3.63) is 0 Å². The van der Waals surface area contributed by atoms with Gasteiger partial charge in [0.15, 0.2) is 0 Å². The van der Waals surface area contributed by atoms with Crippen LogP contribution in [0.25, 0.3) is 0 Å². The van der Waals surface area contributed by atoms with Gasteiger partial charge in [0.2, 0.25) is 0 Å². The Kier molecular flexibility index (Phi) is 16.5. The second kappa shape index (κ2) is 16.2. The highest BCUT2D eigenvalue weighted by Gasteiger charge is 2.34. The third-order valence-electron chi connectivity index (χ3n) is 4.45. The molecule has 0 radical (unpaired) electrons. The molecule has 0 fully saturated rings. The van der Waals surface area contributed by atoms with Crippen LogP contribution >= 0.6 is 0 Å². The van der Waals surface area contributed by atoms with Crippen LogP contribution in [0.4, 0.5) is 0 Å². The number of nitrogens with zero attached hydrogens (tertiary/aromatic N) is 1. The molecule has 0 amide bonds. The van der Waals surface area contributed by atoms with Crippen molar-refractivity contribution in [2.24, 2.45) is 0 Å². The Morgan fingerprint density at radius 2 is 1.10 bits per heavy atom. The number of carboxylic acid groups (broad SMARTS) is 3. The zero-order valence-electron chi connectivity index (χ0n) is 18.6. The molecular formula is C21H41NO7. The number of quaternary nitrogens is 1. The van der Waals surface area contributed by atoms with Crippen LogP contribution in [-0.4, -0.2) is 71.0 Å². The van der Waals surface area contributed by atoms with Crippen LogP contribution in [0, 0.1) is 0 Å². The number of unbranched alkanes of at least 4 members (excludes halogenated alkanes) is 9. The molecule has 29 heavy (non-hydrogen) atoms. The number of aliphatic carboxylic acids is 3. The van der Waals surface area contributed by atoms with E-state index < -0.39 is 36.4 Å². The van der Waals surface area contributed by atoms with Crippen molar-refractivity contribution in [1.82, 2.24) is 0 Å². The van der Waals surface area contributed by atoms with E-state index in [-0.39, 0.29) is 0 Å². The lowest BCUT2D eigenvalue weighted by atomic mass is 9.96.